The molecule has 0 radical (unpaired) electrons. The van der Waals surface area contributed by atoms with E-state index in [0.717, 1.165) is 18.4 Å². The van der Waals surface area contributed by atoms with Crippen molar-refractivity contribution >= 4 is 67.0 Å². The fraction of sp³-hybridized carbons (Fsp3) is 0.344. The van der Waals surface area contributed by atoms with Crippen molar-refractivity contribution in [3.05, 3.63) is 64.3 Å². The van der Waals surface area contributed by atoms with Crippen molar-refractivity contribution < 1.29 is 37.1 Å². The maximum atomic E-state index is 15.4. The molecule has 49 heavy (non-hydrogen) atoms. The molecule has 3 aliphatic heterocycles. The molecular formula is C32H32FN7O8S. The number of piperidine rings is 2. The van der Waals surface area contributed by atoms with Crippen LogP contribution in [-0.2, 0) is 36.4 Å². The summed E-state index contributed by atoms with van der Waals surface area (Å²) in [6.45, 7) is 0.674. The summed E-state index contributed by atoms with van der Waals surface area (Å²) < 4.78 is 45.1. The van der Waals surface area contributed by atoms with Crippen LogP contribution in [-0.4, -0.2) is 77.4 Å². The van der Waals surface area contributed by atoms with E-state index in [1.807, 2.05) is 23.1 Å². The molecule has 3 aromatic carbocycles. The summed E-state index contributed by atoms with van der Waals surface area (Å²) in [5, 5.41) is 15.8. The lowest BCUT2D eigenvalue weighted by Gasteiger charge is -2.32. The van der Waals surface area contributed by atoms with Gasteiger partial charge >= 0.3 is 15.9 Å². The molecule has 0 spiro atoms. The van der Waals surface area contributed by atoms with Crippen LogP contribution in [0, 0.1) is 5.82 Å². The van der Waals surface area contributed by atoms with Crippen molar-refractivity contribution in [3.8, 4) is 5.75 Å². The van der Waals surface area contributed by atoms with Crippen molar-refractivity contribution in [1.82, 2.24) is 24.1 Å². The van der Waals surface area contributed by atoms with Gasteiger partial charge < -0.3 is 10.4 Å². The van der Waals surface area contributed by atoms with E-state index in [0.29, 0.717) is 34.1 Å². The van der Waals surface area contributed by atoms with Crippen LogP contribution >= 0.6 is 0 Å². The number of amides is 4. The maximum Gasteiger partial charge on any atom is 0.329 e. The molecular weight excluding hydrogens is 661 g/mol. The highest BCUT2D eigenvalue weighted by molar-refractivity contribution is 7.92. The van der Waals surface area contributed by atoms with Crippen molar-refractivity contribution in [2.75, 3.05) is 35.8 Å². The molecule has 3 saturated heterocycles. The van der Waals surface area contributed by atoms with Gasteiger partial charge in [-0.05, 0) is 79.1 Å². The second kappa shape index (κ2) is 12.0. The smallest absolute Gasteiger partial charge is 0.329 e. The number of imidazole rings is 1. The van der Waals surface area contributed by atoms with E-state index < -0.39 is 51.9 Å². The summed E-state index contributed by atoms with van der Waals surface area (Å²) >= 11 is 0. The zero-order valence-electron chi connectivity index (χ0n) is 26.2. The Hall–Kier alpha value is -5.29. The molecule has 3 fully saturated rings. The van der Waals surface area contributed by atoms with E-state index in [-0.39, 0.29) is 53.6 Å². The lowest BCUT2D eigenvalue weighted by Crippen LogP contribution is -2.44. The number of aromatic nitrogens is 2. The number of aryl methyl sites for hydroxylation is 1. The number of rotatable bonds is 6. The van der Waals surface area contributed by atoms with Crippen LogP contribution in [0.25, 0.3) is 21.8 Å². The molecule has 0 aliphatic carbocycles. The second-order valence-electron chi connectivity index (χ2n) is 12.6. The van der Waals surface area contributed by atoms with Gasteiger partial charge in [-0.25, -0.2) is 18.2 Å². The molecule has 4 N–H and O–H groups in total. The Labute approximate surface area is 278 Å². The quantitative estimate of drug-likeness (QED) is 0.216. The second-order valence-corrected chi connectivity index (χ2v) is 14.2. The lowest BCUT2D eigenvalue weighted by atomic mass is 9.90. The van der Waals surface area contributed by atoms with Crippen LogP contribution in [0.2, 0.25) is 0 Å². The first kappa shape index (κ1) is 32.3. The first-order valence-corrected chi connectivity index (χ1v) is 17.1. The average molecular weight is 694 g/mol. The highest BCUT2D eigenvalue weighted by Crippen LogP contribution is 2.39. The van der Waals surface area contributed by atoms with Crippen LogP contribution in [0.1, 0.15) is 43.2 Å². The fourth-order valence-corrected chi connectivity index (χ4v) is 8.20. The molecule has 0 bridgehead atoms. The molecule has 1 aromatic heterocycles. The summed E-state index contributed by atoms with van der Waals surface area (Å²) in [6, 6.07) is 10.4. The van der Waals surface area contributed by atoms with E-state index in [1.54, 1.807) is 11.8 Å². The monoisotopic (exact) mass is 693 g/mol. The zero-order valence-corrected chi connectivity index (χ0v) is 27.0. The molecule has 256 valence electrons. The molecule has 17 heteroatoms. The Bertz CT molecular complexity index is 2270. The average Bonchev–Trinajstić information content (AvgIpc) is 3.45. The van der Waals surface area contributed by atoms with E-state index in [2.05, 4.69) is 10.6 Å². The van der Waals surface area contributed by atoms with Gasteiger partial charge in [0.15, 0.2) is 5.82 Å². The van der Waals surface area contributed by atoms with Crippen molar-refractivity contribution in [1.29, 1.82) is 0 Å². The van der Waals surface area contributed by atoms with Crippen molar-refractivity contribution in [2.24, 2.45) is 7.05 Å². The Morgan fingerprint density at radius 2 is 1.84 bits per heavy atom. The summed E-state index contributed by atoms with van der Waals surface area (Å²) in [4.78, 5) is 64.1. The van der Waals surface area contributed by atoms with Crippen LogP contribution in [0.3, 0.4) is 0 Å². The summed E-state index contributed by atoms with van der Waals surface area (Å²) in [7, 11) is -2.70. The van der Waals surface area contributed by atoms with Gasteiger partial charge in [0.25, 0.3) is 5.91 Å². The third-order valence-corrected chi connectivity index (χ3v) is 10.7. The van der Waals surface area contributed by atoms with Gasteiger partial charge in [0, 0.05) is 31.1 Å². The molecule has 1 unspecified atom stereocenters. The Kier molecular flexibility index (Phi) is 7.90. The number of phenolic OH excluding ortho intramolecular Hbond substituents is 1. The molecule has 4 heterocycles. The molecule has 4 amide bonds. The third kappa shape index (κ3) is 5.78. The number of nitrogens with zero attached hydrogens (tertiary/aromatic N) is 4. The first-order chi connectivity index (χ1) is 23.3. The molecule has 0 saturated carbocycles. The SMILES string of the molecule is Cn1c(=O)n(C2CCC(=O)NC2=O)c2ccc([C@@H]3CCCN(CC(=O)Nc4ccc5c(F)c(N6CC(=O)NS6(=O)=O)c(O)cc5c4)C3)cc21. The van der Waals surface area contributed by atoms with Crippen LogP contribution < -0.4 is 25.4 Å². The molecule has 7 rings (SSSR count). The number of anilines is 2. The van der Waals surface area contributed by atoms with E-state index in [1.165, 1.54) is 33.4 Å². The zero-order chi connectivity index (χ0) is 34.8. The minimum Gasteiger partial charge on any atom is -0.506 e. The minimum absolute atomic E-state index is 0.0128. The Morgan fingerprint density at radius 3 is 2.57 bits per heavy atom. The number of benzene rings is 3. The molecule has 2 atom stereocenters. The number of phenols is 1. The number of imide groups is 1. The Morgan fingerprint density at radius 1 is 1.04 bits per heavy atom. The minimum atomic E-state index is -4.35. The number of hydrogen-bond acceptors (Lipinski definition) is 9. The van der Waals surface area contributed by atoms with Gasteiger partial charge in [-0.1, -0.05) is 6.07 Å². The van der Waals surface area contributed by atoms with Crippen molar-refractivity contribution in [2.45, 2.75) is 37.6 Å². The van der Waals surface area contributed by atoms with E-state index >= 15 is 4.39 Å². The number of carbonyl (C=O) groups excluding carboxylic acids is 4. The van der Waals surface area contributed by atoms with Gasteiger partial charge in [0.05, 0.1) is 17.6 Å². The maximum absolute atomic E-state index is 15.4. The van der Waals surface area contributed by atoms with Crippen LogP contribution in [0.15, 0.2) is 47.3 Å². The number of halogens is 1. The Balaban J connectivity index is 1.05. The van der Waals surface area contributed by atoms with E-state index in [4.69, 9.17) is 0 Å². The van der Waals surface area contributed by atoms with Gasteiger partial charge in [0.2, 0.25) is 17.7 Å². The topological polar surface area (TPSA) is 192 Å². The van der Waals surface area contributed by atoms with Gasteiger partial charge in [-0.15, -0.1) is 0 Å². The standard InChI is InChI=1S/C32H32FN7O8S/c1-37-24-12-17(4-7-22(24)40(32(37)46)23-8-9-26(42)35-31(23)45)18-3-2-10-38(14-18)15-27(43)34-20-5-6-21-19(11-20)13-25(41)30(29(21)33)39-16-28(44)36-49(39,47)48/h4-7,11-13,18,23,41H,2-3,8-10,14-16H2,1H3,(H,34,43)(H,36,44)(H,35,42,45)/t18-,23?/m1/s1. The van der Waals surface area contributed by atoms with Gasteiger partial charge in [0.1, 0.15) is 24.0 Å². The lowest BCUT2D eigenvalue weighted by molar-refractivity contribution is -0.135. The predicted molar refractivity (Wildman–Crippen MR) is 176 cm³/mol. The van der Waals surface area contributed by atoms with Crippen LogP contribution in [0.4, 0.5) is 15.8 Å². The highest BCUT2D eigenvalue weighted by atomic mass is 32.2. The number of likely N-dealkylation sites (tertiary alicyclic amines) is 1. The van der Waals surface area contributed by atoms with Gasteiger partial charge in [-0.2, -0.15) is 8.42 Å². The number of aromatic hydroxyl groups is 1. The summed E-state index contributed by atoms with van der Waals surface area (Å²) in [5.74, 6) is -3.65. The summed E-state index contributed by atoms with van der Waals surface area (Å²) in [6.07, 6.45) is 2.10. The highest BCUT2D eigenvalue weighted by Gasteiger charge is 2.38. The van der Waals surface area contributed by atoms with Gasteiger partial charge in [-0.3, -0.25) is 38.5 Å². The number of carbonyl (C=O) groups is 4. The number of nitrogens with one attached hydrogen (secondary N) is 3. The molecule has 15 nitrogen and oxygen atoms in total. The third-order valence-electron chi connectivity index (χ3n) is 9.36. The van der Waals surface area contributed by atoms with Crippen molar-refractivity contribution in [3.63, 3.8) is 0 Å². The van der Waals surface area contributed by atoms with E-state index in [9.17, 15) is 37.5 Å². The summed E-state index contributed by atoms with van der Waals surface area (Å²) in [5.41, 5.74) is 1.62. The number of fused-ring (bicyclic) bond motifs is 2. The predicted octanol–water partition coefficient (Wildman–Crippen LogP) is 1.31. The normalized spacial score (nSPS) is 21.3. The first-order valence-electron chi connectivity index (χ1n) is 15.7. The largest absolute Gasteiger partial charge is 0.506 e. The van der Waals surface area contributed by atoms with Crippen LogP contribution in [0.5, 0.6) is 5.75 Å². The molecule has 4 aromatic rings. The number of hydrogen-bond donors (Lipinski definition) is 4. The fourth-order valence-electron chi connectivity index (χ4n) is 7.04. The molecule has 3 aliphatic rings.